The molecule has 0 spiro atoms. The van der Waals surface area contributed by atoms with Crippen LogP contribution in [-0.2, 0) is 10.1 Å². The van der Waals surface area contributed by atoms with E-state index in [-0.39, 0.29) is 4.90 Å². The summed E-state index contributed by atoms with van der Waals surface area (Å²) in [5.41, 5.74) is 5.14. The highest BCUT2D eigenvalue weighted by Gasteiger charge is 2.05. The van der Waals surface area contributed by atoms with Crippen LogP contribution in [0.3, 0.4) is 0 Å². The molecule has 15 heavy (non-hydrogen) atoms. The predicted molar refractivity (Wildman–Crippen MR) is 60.2 cm³/mol. The summed E-state index contributed by atoms with van der Waals surface area (Å²) in [6.07, 6.45) is 2.39. The number of unbranched alkanes of at least 4 members (excludes halogenated alkanes) is 1. The van der Waals surface area contributed by atoms with Gasteiger partial charge in [-0.2, -0.15) is 8.42 Å². The van der Waals surface area contributed by atoms with Crippen LogP contribution in [0.25, 0.3) is 0 Å². The van der Waals surface area contributed by atoms with Gasteiger partial charge in [-0.3, -0.25) is 4.55 Å². The molecule has 0 bridgehead atoms. The standard InChI is InChI=1S/C6H6O3S.C4H11N/c7-10(8,9)6-4-2-1-3-5-6;1-2-3-4-5/h1-5H,(H,7,8,9);2-5H2,1H3. The third-order valence-electron chi connectivity index (χ3n) is 1.60. The fraction of sp³-hybridized carbons (Fsp3) is 0.400. The van der Waals surface area contributed by atoms with Crippen LogP contribution in [-0.4, -0.2) is 19.5 Å². The monoisotopic (exact) mass is 231 g/mol. The van der Waals surface area contributed by atoms with E-state index in [1.807, 2.05) is 0 Å². The van der Waals surface area contributed by atoms with E-state index in [0.717, 1.165) is 6.54 Å². The second-order valence-corrected chi connectivity index (χ2v) is 4.35. The topological polar surface area (TPSA) is 80.4 Å². The smallest absolute Gasteiger partial charge is 0.294 e. The largest absolute Gasteiger partial charge is 0.330 e. The van der Waals surface area contributed by atoms with Gasteiger partial charge in [0, 0.05) is 0 Å². The minimum atomic E-state index is -4.00. The minimum Gasteiger partial charge on any atom is -0.330 e. The molecule has 0 fully saturated rings. The van der Waals surface area contributed by atoms with E-state index in [1.54, 1.807) is 18.2 Å². The molecule has 0 unspecified atom stereocenters. The van der Waals surface area contributed by atoms with E-state index in [2.05, 4.69) is 6.92 Å². The van der Waals surface area contributed by atoms with E-state index in [4.69, 9.17) is 10.3 Å². The molecule has 3 N–H and O–H groups in total. The first-order chi connectivity index (χ1) is 7.02. The van der Waals surface area contributed by atoms with Crippen LogP contribution in [0.5, 0.6) is 0 Å². The summed E-state index contributed by atoms with van der Waals surface area (Å²) in [5, 5.41) is 0. The molecule has 86 valence electrons. The highest BCUT2D eigenvalue weighted by Crippen LogP contribution is 2.05. The van der Waals surface area contributed by atoms with Crippen molar-refractivity contribution >= 4 is 10.1 Å². The minimum absolute atomic E-state index is 0.0741. The second-order valence-electron chi connectivity index (χ2n) is 2.93. The maximum atomic E-state index is 10.4. The fourth-order valence-electron chi connectivity index (χ4n) is 0.797. The van der Waals surface area contributed by atoms with E-state index >= 15 is 0 Å². The van der Waals surface area contributed by atoms with Gasteiger partial charge in [0.15, 0.2) is 0 Å². The number of hydrogen-bond acceptors (Lipinski definition) is 3. The van der Waals surface area contributed by atoms with Crippen molar-refractivity contribution in [2.45, 2.75) is 24.7 Å². The summed E-state index contributed by atoms with van der Waals surface area (Å²) >= 11 is 0. The molecule has 0 atom stereocenters. The Bertz CT molecular complexity index is 346. The van der Waals surface area contributed by atoms with Gasteiger partial charge < -0.3 is 5.73 Å². The third-order valence-corrected chi connectivity index (χ3v) is 2.47. The van der Waals surface area contributed by atoms with Crippen molar-refractivity contribution < 1.29 is 13.0 Å². The molecule has 1 aromatic rings. The first kappa shape index (κ1) is 14.1. The van der Waals surface area contributed by atoms with Gasteiger partial charge in [0.2, 0.25) is 0 Å². The molecule has 1 aromatic carbocycles. The highest BCUT2D eigenvalue weighted by atomic mass is 32.2. The van der Waals surface area contributed by atoms with Gasteiger partial charge >= 0.3 is 0 Å². The second kappa shape index (κ2) is 7.39. The Morgan fingerprint density at radius 1 is 1.27 bits per heavy atom. The van der Waals surface area contributed by atoms with Gasteiger partial charge in [-0.25, -0.2) is 0 Å². The van der Waals surface area contributed by atoms with Crippen LogP contribution in [0, 0.1) is 0 Å². The van der Waals surface area contributed by atoms with E-state index in [1.165, 1.54) is 25.0 Å². The Labute approximate surface area is 90.9 Å². The quantitative estimate of drug-likeness (QED) is 0.775. The number of nitrogens with two attached hydrogens (primary N) is 1. The average Bonchev–Trinajstić information content (AvgIpc) is 2.20. The Balaban J connectivity index is 0.000000336. The Kier molecular flexibility index (Phi) is 6.94. The van der Waals surface area contributed by atoms with Crippen molar-refractivity contribution in [2.75, 3.05) is 6.54 Å². The fourth-order valence-corrected chi connectivity index (χ4v) is 1.30. The van der Waals surface area contributed by atoms with Crippen molar-refractivity contribution in [3.63, 3.8) is 0 Å². The molecule has 0 aromatic heterocycles. The van der Waals surface area contributed by atoms with Crippen molar-refractivity contribution in [1.82, 2.24) is 0 Å². The number of hydrogen-bond donors (Lipinski definition) is 2. The molecule has 0 radical (unpaired) electrons. The van der Waals surface area contributed by atoms with Crippen LogP contribution in [0.1, 0.15) is 19.8 Å². The molecule has 0 aliphatic rings. The summed E-state index contributed by atoms with van der Waals surface area (Å²) in [5.74, 6) is 0. The predicted octanol–water partition coefficient (Wildman–Crippen LogP) is 1.68. The first-order valence-electron chi connectivity index (χ1n) is 4.75. The zero-order valence-corrected chi connectivity index (χ0v) is 9.57. The molecule has 0 aliphatic heterocycles. The molecular formula is C10H17NO3S. The molecule has 0 heterocycles. The Morgan fingerprint density at radius 2 is 1.80 bits per heavy atom. The van der Waals surface area contributed by atoms with Gasteiger partial charge in [-0.05, 0) is 25.1 Å². The summed E-state index contributed by atoms with van der Waals surface area (Å²) in [4.78, 5) is -0.0741. The summed E-state index contributed by atoms with van der Waals surface area (Å²) < 4.78 is 29.2. The zero-order valence-electron chi connectivity index (χ0n) is 8.76. The first-order valence-corrected chi connectivity index (χ1v) is 6.19. The van der Waals surface area contributed by atoms with Crippen molar-refractivity contribution in [1.29, 1.82) is 0 Å². The molecule has 0 aliphatic carbocycles. The lowest BCUT2D eigenvalue weighted by atomic mass is 10.3. The molecule has 5 heteroatoms. The SMILES string of the molecule is CCCCN.O=S(=O)(O)c1ccccc1. The van der Waals surface area contributed by atoms with Crippen molar-refractivity contribution in [2.24, 2.45) is 5.73 Å². The Hall–Kier alpha value is -0.910. The molecular weight excluding hydrogens is 214 g/mol. The van der Waals surface area contributed by atoms with Gasteiger partial charge in [0.05, 0.1) is 4.90 Å². The van der Waals surface area contributed by atoms with Crippen LogP contribution in [0.15, 0.2) is 35.2 Å². The molecule has 1 rings (SSSR count). The maximum absolute atomic E-state index is 10.4. The third kappa shape index (κ3) is 7.07. The Morgan fingerprint density at radius 3 is 2.00 bits per heavy atom. The van der Waals surface area contributed by atoms with Gasteiger partial charge in [0.1, 0.15) is 0 Å². The lowest BCUT2D eigenvalue weighted by molar-refractivity contribution is 0.483. The number of benzene rings is 1. The zero-order chi connectivity index (χ0) is 11.7. The summed E-state index contributed by atoms with van der Waals surface area (Å²) in [6.45, 7) is 2.98. The van der Waals surface area contributed by atoms with E-state index in [0.29, 0.717) is 0 Å². The normalized spacial score (nSPS) is 10.3. The van der Waals surface area contributed by atoms with Gasteiger partial charge in [0.25, 0.3) is 10.1 Å². The highest BCUT2D eigenvalue weighted by molar-refractivity contribution is 7.85. The van der Waals surface area contributed by atoms with Gasteiger partial charge in [-0.15, -0.1) is 0 Å². The molecule has 0 saturated carbocycles. The maximum Gasteiger partial charge on any atom is 0.294 e. The molecule has 4 nitrogen and oxygen atoms in total. The number of rotatable bonds is 3. The van der Waals surface area contributed by atoms with Crippen LogP contribution < -0.4 is 5.73 Å². The van der Waals surface area contributed by atoms with Crippen LogP contribution in [0.4, 0.5) is 0 Å². The van der Waals surface area contributed by atoms with Crippen molar-refractivity contribution in [3.05, 3.63) is 30.3 Å². The lowest BCUT2D eigenvalue weighted by Crippen LogP contribution is -1.96. The van der Waals surface area contributed by atoms with Crippen LogP contribution in [0.2, 0.25) is 0 Å². The van der Waals surface area contributed by atoms with E-state index < -0.39 is 10.1 Å². The molecule has 0 saturated heterocycles. The summed E-state index contributed by atoms with van der Waals surface area (Å²) in [6, 6.07) is 7.42. The van der Waals surface area contributed by atoms with E-state index in [9.17, 15) is 8.42 Å². The van der Waals surface area contributed by atoms with Crippen LogP contribution >= 0.6 is 0 Å². The van der Waals surface area contributed by atoms with Crippen molar-refractivity contribution in [3.8, 4) is 0 Å². The average molecular weight is 231 g/mol. The molecule has 0 amide bonds. The summed E-state index contributed by atoms with van der Waals surface area (Å²) in [7, 11) is -4.00. The lowest BCUT2D eigenvalue weighted by Gasteiger charge is -1.92. The van der Waals surface area contributed by atoms with Gasteiger partial charge in [-0.1, -0.05) is 31.5 Å².